The summed E-state index contributed by atoms with van der Waals surface area (Å²) in [5.41, 5.74) is 0.286. The predicted molar refractivity (Wildman–Crippen MR) is 140 cm³/mol. The number of alkyl halides is 2. The Balaban J connectivity index is 2.77. The fourth-order valence-corrected chi connectivity index (χ4v) is 5.24. The van der Waals surface area contributed by atoms with E-state index in [1.807, 2.05) is 0 Å². The molecule has 212 valence electrons. The molecule has 2 atom stereocenters. The smallest absolute Gasteiger partial charge is 0.317 e. The van der Waals surface area contributed by atoms with Crippen LogP contribution in [-0.4, -0.2) is 94.3 Å². The maximum Gasteiger partial charge on any atom is 0.317 e. The first kappa shape index (κ1) is 31.7. The lowest BCUT2D eigenvalue weighted by molar-refractivity contribution is -0.164. The minimum Gasteiger partial charge on any atom is -0.493 e. The summed E-state index contributed by atoms with van der Waals surface area (Å²) in [4.78, 5) is 56.1. The number of halogens is 2. The largest absolute Gasteiger partial charge is 0.493 e. The molecule has 0 heterocycles. The van der Waals surface area contributed by atoms with Crippen LogP contribution in [0.5, 0.6) is 17.2 Å². The van der Waals surface area contributed by atoms with Crippen molar-refractivity contribution in [3.05, 3.63) is 17.7 Å². The Hall–Kier alpha value is -2.56. The van der Waals surface area contributed by atoms with E-state index in [0.29, 0.717) is 13.1 Å². The molecule has 1 aromatic carbocycles. The first-order chi connectivity index (χ1) is 18.2. The van der Waals surface area contributed by atoms with E-state index in [2.05, 4.69) is 0 Å². The number of carbonyl (C=O) groups excluding carboxylic acids is 4. The van der Waals surface area contributed by atoms with Crippen molar-refractivity contribution in [2.24, 2.45) is 17.8 Å². The Labute approximate surface area is 232 Å². The molecule has 0 amide bonds. The van der Waals surface area contributed by atoms with Gasteiger partial charge in [-0.15, -0.1) is 23.2 Å². The average Bonchev–Trinajstić information content (AvgIpc) is 2.90. The molecule has 10 nitrogen and oxygen atoms in total. The van der Waals surface area contributed by atoms with Gasteiger partial charge in [0.05, 0.1) is 40.5 Å². The number of ether oxygens (including phenoxy) is 5. The van der Waals surface area contributed by atoms with Crippen LogP contribution in [0.25, 0.3) is 0 Å². The van der Waals surface area contributed by atoms with Gasteiger partial charge in [0.25, 0.3) is 0 Å². The van der Waals surface area contributed by atoms with Gasteiger partial charge in [-0.05, 0) is 31.5 Å². The van der Waals surface area contributed by atoms with Crippen molar-refractivity contribution in [2.45, 2.75) is 19.8 Å². The van der Waals surface area contributed by atoms with Gasteiger partial charge in [-0.3, -0.25) is 24.1 Å². The second-order valence-electron chi connectivity index (χ2n) is 8.48. The summed E-state index contributed by atoms with van der Waals surface area (Å²) in [6.45, 7) is 3.87. The van der Waals surface area contributed by atoms with Crippen molar-refractivity contribution in [1.82, 2.24) is 4.90 Å². The van der Waals surface area contributed by atoms with Crippen LogP contribution in [0.2, 0.25) is 0 Å². The van der Waals surface area contributed by atoms with Gasteiger partial charge in [-0.25, -0.2) is 0 Å². The first-order valence-electron chi connectivity index (χ1n) is 12.3. The van der Waals surface area contributed by atoms with Gasteiger partial charge in [-0.1, -0.05) is 0 Å². The van der Waals surface area contributed by atoms with Crippen molar-refractivity contribution in [3.63, 3.8) is 0 Å². The van der Waals surface area contributed by atoms with Crippen molar-refractivity contribution in [3.8, 4) is 17.2 Å². The fourth-order valence-electron chi connectivity index (χ4n) is 4.76. The van der Waals surface area contributed by atoms with E-state index in [-0.39, 0.29) is 54.3 Å². The molecular weight excluding hydrogens is 541 g/mol. The molecule has 1 fully saturated rings. The Bertz CT molecular complexity index is 934. The van der Waals surface area contributed by atoms with Crippen molar-refractivity contribution in [1.29, 1.82) is 0 Å². The monoisotopic (exact) mass is 575 g/mol. The third kappa shape index (κ3) is 6.90. The second-order valence-corrected chi connectivity index (χ2v) is 9.24. The Morgan fingerprint density at radius 3 is 1.61 bits per heavy atom. The summed E-state index contributed by atoms with van der Waals surface area (Å²) in [5.74, 6) is -7.25. The Morgan fingerprint density at radius 1 is 0.816 bits per heavy atom. The van der Waals surface area contributed by atoms with Crippen LogP contribution >= 0.6 is 23.2 Å². The number of benzene rings is 1. The van der Waals surface area contributed by atoms with Crippen molar-refractivity contribution < 1.29 is 42.9 Å². The van der Waals surface area contributed by atoms with Gasteiger partial charge in [-0.2, -0.15) is 0 Å². The summed E-state index contributed by atoms with van der Waals surface area (Å²) in [6, 6.07) is 3.03. The van der Waals surface area contributed by atoms with E-state index in [9.17, 15) is 19.2 Å². The van der Waals surface area contributed by atoms with Gasteiger partial charge >= 0.3 is 11.9 Å². The maximum atomic E-state index is 13.9. The number of esters is 2. The van der Waals surface area contributed by atoms with E-state index >= 15 is 0 Å². The molecule has 0 N–H and O–H groups in total. The number of hydrogen-bond donors (Lipinski definition) is 0. The highest BCUT2D eigenvalue weighted by atomic mass is 35.5. The van der Waals surface area contributed by atoms with E-state index in [4.69, 9.17) is 46.9 Å². The van der Waals surface area contributed by atoms with Crippen LogP contribution < -0.4 is 14.2 Å². The summed E-state index contributed by atoms with van der Waals surface area (Å²) in [6.07, 6.45) is 0. The normalized spacial score (nSPS) is 21.3. The number of hydrogen-bond acceptors (Lipinski definition) is 10. The summed E-state index contributed by atoms with van der Waals surface area (Å²) < 4.78 is 26.8. The zero-order chi connectivity index (χ0) is 28.4. The molecule has 0 aromatic heterocycles. The van der Waals surface area contributed by atoms with Gasteiger partial charge < -0.3 is 23.7 Å². The molecule has 0 spiro atoms. The zero-order valence-corrected chi connectivity index (χ0v) is 23.8. The third-order valence-corrected chi connectivity index (χ3v) is 6.75. The molecule has 1 saturated carbocycles. The number of nitrogens with zero attached hydrogens (tertiary/aromatic N) is 1. The summed E-state index contributed by atoms with van der Waals surface area (Å²) in [5, 5.41) is 0. The number of carbonyl (C=O) groups is 4. The highest BCUT2D eigenvalue weighted by Gasteiger charge is 2.57. The SMILES string of the molecule is CCOC(=O)[C@@H]1C(=O)C(CN(CCCl)CCCl)C(=O)[C@@H](C(=O)OCC)C1c1cc(OC)c(OC)c(OC)c1. The lowest BCUT2D eigenvalue weighted by Crippen LogP contribution is -2.55. The molecule has 0 saturated heterocycles. The molecule has 0 unspecified atom stereocenters. The molecule has 2 rings (SSSR count). The molecule has 0 aliphatic heterocycles. The highest BCUT2D eigenvalue weighted by molar-refractivity contribution is 6.19. The topological polar surface area (TPSA) is 118 Å². The average molecular weight is 576 g/mol. The lowest BCUT2D eigenvalue weighted by Gasteiger charge is -2.39. The molecule has 38 heavy (non-hydrogen) atoms. The van der Waals surface area contributed by atoms with E-state index in [1.165, 1.54) is 33.5 Å². The Morgan fingerprint density at radius 2 is 1.26 bits per heavy atom. The van der Waals surface area contributed by atoms with Gasteiger partial charge in [0.15, 0.2) is 23.1 Å². The summed E-state index contributed by atoms with van der Waals surface area (Å²) in [7, 11) is 4.24. The van der Waals surface area contributed by atoms with Gasteiger partial charge in [0.2, 0.25) is 5.75 Å². The van der Waals surface area contributed by atoms with Crippen LogP contribution in [-0.2, 0) is 28.7 Å². The van der Waals surface area contributed by atoms with Crippen LogP contribution in [0, 0.1) is 17.8 Å². The quantitative estimate of drug-likeness (QED) is 0.186. The van der Waals surface area contributed by atoms with Crippen molar-refractivity contribution >= 4 is 46.7 Å². The van der Waals surface area contributed by atoms with Crippen molar-refractivity contribution in [2.75, 3.05) is 65.9 Å². The third-order valence-electron chi connectivity index (χ3n) is 6.41. The second kappa shape index (κ2) is 15.1. The van der Waals surface area contributed by atoms with Gasteiger partial charge in [0, 0.05) is 37.3 Å². The fraction of sp³-hybridized carbons (Fsp3) is 0.615. The number of ketones is 2. The Kier molecular flexibility index (Phi) is 12.6. The first-order valence-corrected chi connectivity index (χ1v) is 13.4. The predicted octanol–water partition coefficient (Wildman–Crippen LogP) is 2.70. The van der Waals surface area contributed by atoms with Gasteiger partial charge in [0.1, 0.15) is 11.8 Å². The maximum absolute atomic E-state index is 13.9. The minimum atomic E-state index is -1.47. The van der Waals surface area contributed by atoms with Crippen LogP contribution in [0.1, 0.15) is 25.3 Å². The standard InChI is InChI=1S/C26H35Cl2NO9/c1-6-37-25(32)20-19(15-12-17(34-3)24(36-5)18(13-15)35-4)21(26(33)38-7-2)23(31)16(22(20)30)14-29(10-8-27)11-9-28/h12-13,16,19-21H,6-11,14H2,1-5H3/t16?,19?,20-,21-/m0/s1. The molecule has 1 aromatic rings. The molecule has 1 aliphatic rings. The minimum absolute atomic E-state index is 0.00209. The molecular formula is C26H35Cl2NO9. The van der Waals surface area contributed by atoms with Crippen LogP contribution in [0.15, 0.2) is 12.1 Å². The lowest BCUT2D eigenvalue weighted by atomic mass is 9.63. The number of methoxy groups -OCH3 is 3. The van der Waals surface area contributed by atoms with E-state index < -0.39 is 47.2 Å². The number of Topliss-reactive ketones (excluding diaryl/α,β-unsaturated/α-hetero) is 2. The van der Waals surface area contributed by atoms with Crippen LogP contribution in [0.3, 0.4) is 0 Å². The molecule has 0 radical (unpaired) electrons. The molecule has 12 heteroatoms. The zero-order valence-electron chi connectivity index (χ0n) is 22.3. The van der Waals surface area contributed by atoms with Crippen LogP contribution in [0.4, 0.5) is 0 Å². The molecule has 0 bridgehead atoms. The van der Waals surface area contributed by atoms with E-state index in [1.54, 1.807) is 18.7 Å². The summed E-state index contributed by atoms with van der Waals surface area (Å²) >= 11 is 11.8. The number of rotatable bonds is 14. The highest BCUT2D eigenvalue weighted by Crippen LogP contribution is 2.47. The van der Waals surface area contributed by atoms with E-state index in [0.717, 1.165) is 0 Å². The molecule has 1 aliphatic carbocycles.